The average molecular weight is 246 g/mol. The Labute approximate surface area is 99.5 Å². The highest BCUT2D eigenvalue weighted by atomic mass is 35.5. The monoisotopic (exact) mass is 245 g/mol. The fourth-order valence-corrected chi connectivity index (χ4v) is 2.68. The Morgan fingerprint density at radius 3 is 2.93 bits per heavy atom. The molecule has 84 valence electrons. The lowest BCUT2D eigenvalue weighted by Crippen LogP contribution is -2.32. The van der Waals surface area contributed by atoms with Gasteiger partial charge in [0.2, 0.25) is 0 Å². The van der Waals surface area contributed by atoms with Gasteiger partial charge < -0.3 is 10.2 Å². The molecule has 0 bridgehead atoms. The Hall–Kier alpha value is -0.320. The topological polar surface area (TPSA) is 28.2 Å². The third-order valence-corrected chi connectivity index (χ3v) is 3.98. The standard InChI is InChI=1S/C10H16ClN3S/c1-14-4-2-8(3-5-14)6-12-10-13-9(11)7-15-10/h7-8H,2-6H2,1H3,(H,12,13). The summed E-state index contributed by atoms with van der Waals surface area (Å²) < 4.78 is 0. The van der Waals surface area contributed by atoms with Crippen LogP contribution in [-0.4, -0.2) is 36.6 Å². The van der Waals surface area contributed by atoms with E-state index in [0.29, 0.717) is 5.15 Å². The van der Waals surface area contributed by atoms with E-state index in [1.807, 2.05) is 5.38 Å². The molecule has 1 N–H and O–H groups in total. The molecule has 2 heterocycles. The quantitative estimate of drug-likeness (QED) is 0.887. The van der Waals surface area contributed by atoms with Gasteiger partial charge in [0.1, 0.15) is 5.15 Å². The summed E-state index contributed by atoms with van der Waals surface area (Å²) >= 11 is 7.33. The number of aromatic nitrogens is 1. The maximum atomic E-state index is 5.75. The van der Waals surface area contributed by atoms with Crippen molar-refractivity contribution in [2.45, 2.75) is 12.8 Å². The second kappa shape index (κ2) is 5.14. The van der Waals surface area contributed by atoms with Crippen LogP contribution < -0.4 is 5.32 Å². The maximum absolute atomic E-state index is 5.75. The van der Waals surface area contributed by atoms with Gasteiger partial charge in [-0.1, -0.05) is 11.6 Å². The molecule has 0 saturated carbocycles. The van der Waals surface area contributed by atoms with E-state index in [4.69, 9.17) is 11.6 Å². The molecule has 0 aromatic carbocycles. The summed E-state index contributed by atoms with van der Waals surface area (Å²) in [5.74, 6) is 0.781. The van der Waals surface area contributed by atoms with Crippen LogP contribution in [-0.2, 0) is 0 Å². The number of halogens is 1. The van der Waals surface area contributed by atoms with Gasteiger partial charge in [-0.2, -0.15) is 0 Å². The Balaban J connectivity index is 1.74. The zero-order valence-corrected chi connectivity index (χ0v) is 10.4. The molecule has 0 unspecified atom stereocenters. The van der Waals surface area contributed by atoms with Crippen molar-refractivity contribution >= 4 is 28.1 Å². The molecule has 5 heteroatoms. The van der Waals surface area contributed by atoms with E-state index in [-0.39, 0.29) is 0 Å². The van der Waals surface area contributed by atoms with Crippen LogP contribution in [0, 0.1) is 5.92 Å². The van der Waals surface area contributed by atoms with Crippen LogP contribution >= 0.6 is 22.9 Å². The molecular formula is C10H16ClN3S. The van der Waals surface area contributed by atoms with Gasteiger partial charge in [0, 0.05) is 11.9 Å². The van der Waals surface area contributed by atoms with Gasteiger partial charge in [-0.3, -0.25) is 0 Å². The largest absolute Gasteiger partial charge is 0.361 e. The summed E-state index contributed by atoms with van der Waals surface area (Å²) in [6.07, 6.45) is 2.56. The zero-order chi connectivity index (χ0) is 10.7. The van der Waals surface area contributed by atoms with Crippen molar-refractivity contribution in [3.63, 3.8) is 0 Å². The third kappa shape index (κ3) is 3.33. The fraction of sp³-hybridized carbons (Fsp3) is 0.700. The van der Waals surface area contributed by atoms with Crippen molar-refractivity contribution in [1.82, 2.24) is 9.88 Å². The molecule has 1 saturated heterocycles. The number of likely N-dealkylation sites (tertiary alicyclic amines) is 1. The molecule has 3 nitrogen and oxygen atoms in total. The van der Waals surface area contributed by atoms with Gasteiger partial charge in [-0.15, -0.1) is 11.3 Å². The van der Waals surface area contributed by atoms with E-state index in [0.717, 1.165) is 17.6 Å². The van der Waals surface area contributed by atoms with Gasteiger partial charge in [-0.05, 0) is 38.9 Å². The molecule has 1 fully saturated rings. The van der Waals surface area contributed by atoms with Crippen LogP contribution in [0.2, 0.25) is 5.15 Å². The van der Waals surface area contributed by atoms with Crippen LogP contribution in [0.5, 0.6) is 0 Å². The summed E-state index contributed by atoms with van der Waals surface area (Å²) in [5, 5.41) is 6.75. The summed E-state index contributed by atoms with van der Waals surface area (Å²) in [6, 6.07) is 0. The lowest BCUT2D eigenvalue weighted by atomic mass is 9.97. The molecule has 1 aromatic heterocycles. The lowest BCUT2D eigenvalue weighted by molar-refractivity contribution is 0.226. The molecule has 0 radical (unpaired) electrons. The molecule has 0 atom stereocenters. The van der Waals surface area contributed by atoms with Crippen molar-refractivity contribution in [3.05, 3.63) is 10.5 Å². The predicted octanol–water partition coefficient (Wildman–Crippen LogP) is 2.55. The van der Waals surface area contributed by atoms with Gasteiger partial charge >= 0.3 is 0 Å². The Morgan fingerprint density at radius 1 is 1.60 bits per heavy atom. The van der Waals surface area contributed by atoms with Crippen LogP contribution in [0.1, 0.15) is 12.8 Å². The second-order valence-corrected chi connectivity index (χ2v) is 5.35. The average Bonchev–Trinajstić information content (AvgIpc) is 2.64. The van der Waals surface area contributed by atoms with Crippen molar-refractivity contribution in [1.29, 1.82) is 0 Å². The van der Waals surface area contributed by atoms with E-state index in [1.165, 1.54) is 25.9 Å². The smallest absolute Gasteiger partial charge is 0.184 e. The Bertz CT molecular complexity index is 307. The summed E-state index contributed by atoms with van der Waals surface area (Å²) in [5.41, 5.74) is 0. The van der Waals surface area contributed by atoms with Gasteiger partial charge in [-0.25, -0.2) is 4.98 Å². The summed E-state index contributed by atoms with van der Waals surface area (Å²) in [6.45, 7) is 3.45. The van der Waals surface area contributed by atoms with Gasteiger partial charge in [0.05, 0.1) is 0 Å². The molecule has 0 aliphatic carbocycles. The van der Waals surface area contributed by atoms with Crippen molar-refractivity contribution in [2.24, 2.45) is 5.92 Å². The minimum absolute atomic E-state index is 0.589. The first-order valence-corrected chi connectivity index (χ1v) is 6.53. The highest BCUT2D eigenvalue weighted by Crippen LogP contribution is 2.21. The predicted molar refractivity (Wildman–Crippen MR) is 65.8 cm³/mol. The molecule has 15 heavy (non-hydrogen) atoms. The molecular weight excluding hydrogens is 230 g/mol. The van der Waals surface area contributed by atoms with E-state index in [9.17, 15) is 0 Å². The van der Waals surface area contributed by atoms with E-state index >= 15 is 0 Å². The molecule has 1 aromatic rings. The van der Waals surface area contributed by atoms with E-state index in [2.05, 4.69) is 22.2 Å². The first kappa shape index (κ1) is 11.2. The van der Waals surface area contributed by atoms with Crippen LogP contribution in [0.25, 0.3) is 0 Å². The lowest BCUT2D eigenvalue weighted by Gasteiger charge is -2.28. The summed E-state index contributed by atoms with van der Waals surface area (Å²) in [7, 11) is 2.18. The highest BCUT2D eigenvalue weighted by Gasteiger charge is 2.16. The van der Waals surface area contributed by atoms with Crippen molar-refractivity contribution in [3.8, 4) is 0 Å². The van der Waals surface area contributed by atoms with E-state index < -0.39 is 0 Å². The molecule has 2 rings (SSSR count). The number of nitrogens with zero attached hydrogens (tertiary/aromatic N) is 2. The summed E-state index contributed by atoms with van der Waals surface area (Å²) in [4.78, 5) is 6.56. The highest BCUT2D eigenvalue weighted by molar-refractivity contribution is 7.14. The minimum Gasteiger partial charge on any atom is -0.361 e. The van der Waals surface area contributed by atoms with Crippen molar-refractivity contribution < 1.29 is 0 Å². The third-order valence-electron chi connectivity index (χ3n) is 2.86. The number of hydrogen-bond donors (Lipinski definition) is 1. The SMILES string of the molecule is CN1CCC(CNc2nc(Cl)cs2)CC1. The number of thiazole rings is 1. The molecule has 0 amide bonds. The number of anilines is 1. The van der Waals surface area contributed by atoms with Gasteiger partial charge in [0.25, 0.3) is 0 Å². The Kier molecular flexibility index (Phi) is 3.83. The fourth-order valence-electron chi connectivity index (χ4n) is 1.83. The van der Waals surface area contributed by atoms with Crippen LogP contribution in [0.15, 0.2) is 5.38 Å². The number of nitrogens with one attached hydrogen (secondary N) is 1. The second-order valence-electron chi connectivity index (χ2n) is 4.10. The van der Waals surface area contributed by atoms with Gasteiger partial charge in [0.15, 0.2) is 5.13 Å². The van der Waals surface area contributed by atoms with Crippen LogP contribution in [0.4, 0.5) is 5.13 Å². The van der Waals surface area contributed by atoms with Crippen LogP contribution in [0.3, 0.4) is 0 Å². The van der Waals surface area contributed by atoms with E-state index in [1.54, 1.807) is 11.3 Å². The van der Waals surface area contributed by atoms with Crippen molar-refractivity contribution in [2.75, 3.05) is 32.0 Å². The Morgan fingerprint density at radius 2 is 2.33 bits per heavy atom. The zero-order valence-electron chi connectivity index (χ0n) is 8.87. The number of rotatable bonds is 3. The minimum atomic E-state index is 0.589. The molecule has 1 aliphatic heterocycles. The first-order valence-electron chi connectivity index (χ1n) is 5.27. The molecule has 0 spiro atoms. The molecule has 1 aliphatic rings. The number of hydrogen-bond acceptors (Lipinski definition) is 4. The number of piperidine rings is 1. The maximum Gasteiger partial charge on any atom is 0.184 e. The normalized spacial score (nSPS) is 19.3. The first-order chi connectivity index (χ1) is 7.24.